The molecule has 0 radical (unpaired) electrons. The lowest BCUT2D eigenvalue weighted by molar-refractivity contribution is -0.129. The second-order valence-electron chi connectivity index (χ2n) is 5.58. The van der Waals surface area contributed by atoms with E-state index in [-0.39, 0.29) is 17.6 Å². The summed E-state index contributed by atoms with van der Waals surface area (Å²) >= 11 is 1.45. The number of amides is 1. The number of rotatable bonds is 2. The number of amidine groups is 1. The average Bonchev–Trinajstić information content (AvgIpc) is 2.47. The van der Waals surface area contributed by atoms with Crippen molar-refractivity contribution in [2.24, 2.45) is 5.10 Å². The van der Waals surface area contributed by atoms with Gasteiger partial charge in [-0.25, -0.2) is 0 Å². The van der Waals surface area contributed by atoms with Crippen LogP contribution in [0.15, 0.2) is 29.4 Å². The largest absolute Gasteiger partial charge is 0.361 e. The summed E-state index contributed by atoms with van der Waals surface area (Å²) in [7, 11) is 0. The van der Waals surface area contributed by atoms with Crippen LogP contribution in [-0.2, 0) is 4.79 Å². The molecular weight excluding hydrogens is 284 g/mol. The fourth-order valence-corrected chi connectivity index (χ4v) is 3.46. The molecule has 21 heavy (non-hydrogen) atoms. The first-order valence-electron chi connectivity index (χ1n) is 7.19. The molecule has 0 unspecified atom stereocenters. The number of fused-ring (bicyclic) bond motifs is 3. The molecule has 2 N–H and O–H groups in total. The summed E-state index contributed by atoms with van der Waals surface area (Å²) in [5.74, 6) is -0.00868. The molecule has 2 aliphatic rings. The van der Waals surface area contributed by atoms with E-state index in [0.717, 1.165) is 24.1 Å². The summed E-state index contributed by atoms with van der Waals surface area (Å²) < 4.78 is 0. The number of hydrogen-bond acceptors (Lipinski definition) is 5. The smallest absolute Gasteiger partial charge is 0.255 e. The maximum atomic E-state index is 12.6. The van der Waals surface area contributed by atoms with Crippen LogP contribution in [-0.4, -0.2) is 28.0 Å². The number of nitrogens with zero attached hydrogens (tertiary/aromatic N) is 2. The van der Waals surface area contributed by atoms with Crippen LogP contribution in [0.2, 0.25) is 0 Å². The Morgan fingerprint density at radius 1 is 1.43 bits per heavy atom. The highest BCUT2D eigenvalue weighted by Gasteiger charge is 2.46. The fourth-order valence-electron chi connectivity index (χ4n) is 3.09. The van der Waals surface area contributed by atoms with Gasteiger partial charge in [0.05, 0.1) is 0 Å². The van der Waals surface area contributed by atoms with Crippen LogP contribution in [0.3, 0.4) is 0 Å². The predicted molar refractivity (Wildman–Crippen MR) is 87.1 cm³/mol. The van der Waals surface area contributed by atoms with Crippen LogP contribution in [0, 0.1) is 0 Å². The van der Waals surface area contributed by atoms with Crippen LogP contribution in [0.25, 0.3) is 0 Å². The highest BCUT2D eigenvalue weighted by atomic mass is 32.2. The molecule has 2 aliphatic heterocycles. The summed E-state index contributed by atoms with van der Waals surface area (Å²) in [5, 5.41) is 13.7. The van der Waals surface area contributed by atoms with E-state index in [1.807, 2.05) is 35.5 Å². The third-order valence-electron chi connectivity index (χ3n) is 4.02. The molecule has 0 aliphatic carbocycles. The first-order chi connectivity index (χ1) is 10.1. The molecule has 3 rings (SSSR count). The minimum Gasteiger partial charge on any atom is -0.361 e. The second kappa shape index (κ2) is 5.26. The Bertz CT molecular complexity index is 603. The molecule has 0 saturated carbocycles. The molecule has 0 saturated heterocycles. The molecule has 0 fully saturated rings. The van der Waals surface area contributed by atoms with Gasteiger partial charge in [0, 0.05) is 11.3 Å². The van der Waals surface area contributed by atoms with Crippen molar-refractivity contribution in [3.05, 3.63) is 29.8 Å². The number of benzene rings is 1. The summed E-state index contributed by atoms with van der Waals surface area (Å²) in [4.78, 5) is 12.6. The van der Waals surface area contributed by atoms with Crippen molar-refractivity contribution < 1.29 is 4.79 Å². The molecule has 2 atom stereocenters. The number of carbonyl (C=O) groups is 1. The molecule has 0 spiro atoms. The van der Waals surface area contributed by atoms with Crippen molar-refractivity contribution in [1.29, 1.82) is 0 Å². The average molecular weight is 304 g/mol. The van der Waals surface area contributed by atoms with E-state index in [0.29, 0.717) is 5.17 Å². The van der Waals surface area contributed by atoms with Gasteiger partial charge in [-0.05, 0) is 25.7 Å². The van der Waals surface area contributed by atoms with Gasteiger partial charge in [-0.15, -0.1) is 5.10 Å². The number of hydrogen-bond donors (Lipinski definition) is 2. The van der Waals surface area contributed by atoms with Gasteiger partial charge in [0.15, 0.2) is 11.2 Å². The van der Waals surface area contributed by atoms with Gasteiger partial charge in [0.2, 0.25) is 0 Å². The highest BCUT2D eigenvalue weighted by molar-refractivity contribution is 8.13. The minimum atomic E-state index is -0.366. The van der Waals surface area contributed by atoms with Crippen LogP contribution < -0.4 is 10.6 Å². The quantitative estimate of drug-likeness (QED) is 0.882. The van der Waals surface area contributed by atoms with Gasteiger partial charge in [-0.2, -0.15) is 0 Å². The summed E-state index contributed by atoms with van der Waals surface area (Å²) in [6.45, 7) is 4.26. The molecule has 0 bridgehead atoms. The minimum absolute atomic E-state index is 0.00868. The molecule has 1 amide bonds. The van der Waals surface area contributed by atoms with E-state index in [2.05, 4.69) is 29.6 Å². The number of hydrazone groups is 1. The van der Waals surface area contributed by atoms with Gasteiger partial charge in [0.1, 0.15) is 5.66 Å². The number of carbonyl (C=O) groups excluding carboxylic acids is 1. The van der Waals surface area contributed by atoms with E-state index in [1.54, 1.807) is 0 Å². The molecule has 0 aromatic heterocycles. The first-order valence-corrected chi connectivity index (χ1v) is 8.41. The Kier molecular flexibility index (Phi) is 3.57. The standard InChI is InChI=1S/C15H20N4OS/c1-4-9-15(2)17-11-8-6-5-7-10(11)12-13(20)16-14(21-3)18-19(12)15/h5-8,12,17H,4,9H2,1-3H3,(H,16,18,20)/t12-,15-/m1/s1. The van der Waals surface area contributed by atoms with Gasteiger partial charge in [-0.3, -0.25) is 9.80 Å². The van der Waals surface area contributed by atoms with Crippen LogP contribution in [0.4, 0.5) is 5.69 Å². The lowest BCUT2D eigenvalue weighted by Crippen LogP contribution is -2.60. The Morgan fingerprint density at radius 3 is 2.90 bits per heavy atom. The summed E-state index contributed by atoms with van der Waals surface area (Å²) in [6, 6.07) is 7.61. The zero-order valence-corrected chi connectivity index (χ0v) is 13.3. The molecular formula is C15H20N4OS. The molecule has 1 aromatic rings. The monoisotopic (exact) mass is 304 g/mol. The van der Waals surface area contributed by atoms with Crippen molar-refractivity contribution in [2.75, 3.05) is 11.6 Å². The van der Waals surface area contributed by atoms with Crippen LogP contribution in [0.1, 0.15) is 38.3 Å². The van der Waals surface area contributed by atoms with Crippen molar-refractivity contribution in [3.8, 4) is 0 Å². The Labute approximate surface area is 129 Å². The molecule has 1 aromatic carbocycles. The van der Waals surface area contributed by atoms with E-state index in [9.17, 15) is 4.79 Å². The predicted octanol–water partition coefficient (Wildman–Crippen LogP) is 2.74. The van der Waals surface area contributed by atoms with Crippen molar-refractivity contribution >= 4 is 28.5 Å². The SMILES string of the molecule is CCC[C@]1(C)Nc2ccccc2[C@@H]2C(=O)NC(SC)=NN21. The molecule has 2 heterocycles. The Hall–Kier alpha value is -1.69. The maximum absolute atomic E-state index is 12.6. The number of nitrogens with one attached hydrogen (secondary N) is 2. The van der Waals surface area contributed by atoms with Gasteiger partial charge >= 0.3 is 0 Å². The van der Waals surface area contributed by atoms with Gasteiger partial charge in [0.25, 0.3) is 5.91 Å². The van der Waals surface area contributed by atoms with Crippen LogP contribution >= 0.6 is 11.8 Å². The van der Waals surface area contributed by atoms with Crippen molar-refractivity contribution in [2.45, 2.75) is 38.4 Å². The van der Waals surface area contributed by atoms with E-state index in [1.165, 1.54) is 11.8 Å². The normalized spacial score (nSPS) is 27.2. The lowest BCUT2D eigenvalue weighted by atomic mass is 9.92. The Balaban J connectivity index is 2.13. The first kappa shape index (κ1) is 14.3. The lowest BCUT2D eigenvalue weighted by Gasteiger charge is -2.50. The molecule has 112 valence electrons. The number of thioether (sulfide) groups is 1. The third-order valence-corrected chi connectivity index (χ3v) is 4.59. The maximum Gasteiger partial charge on any atom is 0.255 e. The third kappa shape index (κ3) is 2.27. The fraction of sp³-hybridized carbons (Fsp3) is 0.467. The van der Waals surface area contributed by atoms with Gasteiger partial charge < -0.3 is 10.6 Å². The zero-order chi connectivity index (χ0) is 15.0. The zero-order valence-electron chi connectivity index (χ0n) is 12.5. The van der Waals surface area contributed by atoms with Crippen molar-refractivity contribution in [1.82, 2.24) is 10.3 Å². The van der Waals surface area contributed by atoms with E-state index in [4.69, 9.17) is 0 Å². The van der Waals surface area contributed by atoms with Gasteiger partial charge in [-0.1, -0.05) is 43.3 Å². The summed E-state index contributed by atoms with van der Waals surface area (Å²) in [5.41, 5.74) is 1.65. The summed E-state index contributed by atoms with van der Waals surface area (Å²) in [6.07, 6.45) is 3.85. The van der Waals surface area contributed by atoms with Crippen molar-refractivity contribution in [3.63, 3.8) is 0 Å². The van der Waals surface area contributed by atoms with Crippen LogP contribution in [0.5, 0.6) is 0 Å². The number of anilines is 1. The highest BCUT2D eigenvalue weighted by Crippen LogP contribution is 2.42. The second-order valence-corrected chi connectivity index (χ2v) is 6.38. The Morgan fingerprint density at radius 2 is 2.19 bits per heavy atom. The van der Waals surface area contributed by atoms with E-state index < -0.39 is 0 Å². The topological polar surface area (TPSA) is 56.7 Å². The molecule has 5 nitrogen and oxygen atoms in total. The van der Waals surface area contributed by atoms with E-state index >= 15 is 0 Å². The number of para-hydroxylation sites is 1. The molecule has 6 heteroatoms.